The van der Waals surface area contributed by atoms with Crippen LogP contribution in [0.5, 0.6) is 0 Å². The van der Waals surface area contributed by atoms with Crippen LogP contribution >= 0.6 is 0 Å². The molecule has 4 nitrogen and oxygen atoms in total. The predicted molar refractivity (Wildman–Crippen MR) is 81.2 cm³/mol. The molecule has 0 aromatic carbocycles. The number of hydrogen-bond acceptors (Lipinski definition) is 4. The topological polar surface area (TPSA) is 41.1 Å². The van der Waals surface area contributed by atoms with Crippen molar-refractivity contribution in [2.24, 2.45) is 0 Å². The number of aromatic nitrogens is 2. The van der Waals surface area contributed by atoms with Crippen LogP contribution in [0, 0.1) is 51.9 Å². The van der Waals surface area contributed by atoms with Gasteiger partial charge in [0.2, 0.25) is 0 Å². The average Bonchev–Trinajstić information content (AvgIpc) is 2.42. The first-order valence-electron chi connectivity index (χ1n) is 7.09. The molecule has 110 valence electrons. The summed E-state index contributed by atoms with van der Waals surface area (Å²) in [5, 5.41) is 11.8. The molecule has 0 unspecified atom stereocenters. The van der Waals surface area contributed by atoms with E-state index in [-0.39, 0.29) is 31.1 Å². The maximum Gasteiger partial charge on any atom is 2.00 e. The summed E-state index contributed by atoms with van der Waals surface area (Å²) < 4.78 is 0. The maximum atomic E-state index is 4.27. The van der Waals surface area contributed by atoms with Crippen LogP contribution in [-0.2, 0) is 6.42 Å². The van der Waals surface area contributed by atoms with Crippen molar-refractivity contribution in [2.75, 3.05) is 31.1 Å². The first-order chi connectivity index (χ1) is 9.24. The molecule has 0 saturated carbocycles. The summed E-state index contributed by atoms with van der Waals surface area (Å²) in [5.74, 6) is 0.945. The van der Waals surface area contributed by atoms with Gasteiger partial charge in [-0.25, -0.2) is 0 Å². The summed E-state index contributed by atoms with van der Waals surface area (Å²) in [4.78, 5) is 2.06. The van der Waals surface area contributed by atoms with Gasteiger partial charge in [0, 0.05) is 5.56 Å². The fourth-order valence-corrected chi connectivity index (χ4v) is 2.06. The van der Waals surface area contributed by atoms with E-state index in [1.165, 1.54) is 17.5 Å². The molecule has 0 radical (unpaired) electrons. The molecule has 0 aliphatic carbocycles. The molecule has 0 aliphatic heterocycles. The van der Waals surface area contributed by atoms with Crippen molar-refractivity contribution >= 4 is 5.82 Å². The molecule has 1 heterocycles. The molecule has 0 fully saturated rings. The van der Waals surface area contributed by atoms with Gasteiger partial charge in [0.05, 0.1) is 6.20 Å². The number of rotatable bonds is 9. The van der Waals surface area contributed by atoms with Crippen molar-refractivity contribution in [1.29, 1.82) is 0 Å². The summed E-state index contributed by atoms with van der Waals surface area (Å²) in [6, 6.07) is 0. The van der Waals surface area contributed by atoms with Crippen LogP contribution in [0.15, 0.2) is 6.20 Å². The third-order valence-electron chi connectivity index (χ3n) is 3.20. The third-order valence-corrected chi connectivity index (χ3v) is 3.20. The second kappa shape index (κ2) is 11.5. The SMILES string of the molecule is [CH2-]CN(C[CH2-])c1nncc(C)c1CCCNCCC.[U+2]. The Morgan fingerprint density at radius 2 is 1.95 bits per heavy atom. The quantitative estimate of drug-likeness (QED) is 0.417. The van der Waals surface area contributed by atoms with Crippen LogP contribution in [0.2, 0.25) is 0 Å². The Kier molecular flexibility index (Phi) is 11.5. The van der Waals surface area contributed by atoms with Gasteiger partial charge < -0.3 is 24.1 Å². The van der Waals surface area contributed by atoms with Crippen LogP contribution in [-0.4, -0.2) is 36.4 Å². The van der Waals surface area contributed by atoms with Crippen molar-refractivity contribution in [1.82, 2.24) is 15.5 Å². The van der Waals surface area contributed by atoms with Crippen molar-refractivity contribution < 1.29 is 31.1 Å². The first kappa shape index (κ1) is 19.9. The number of nitrogens with zero attached hydrogens (tertiary/aromatic N) is 3. The summed E-state index contributed by atoms with van der Waals surface area (Å²) in [6.07, 6.45) is 5.14. The van der Waals surface area contributed by atoms with Crippen LogP contribution < -0.4 is 10.2 Å². The molecule has 0 spiro atoms. The zero-order valence-electron chi connectivity index (χ0n) is 12.8. The normalized spacial score (nSPS) is 10.2. The van der Waals surface area contributed by atoms with E-state index >= 15 is 0 Å². The van der Waals surface area contributed by atoms with Gasteiger partial charge in [0.1, 0.15) is 5.82 Å². The Hall–Kier alpha value is -0.108. The largest absolute Gasteiger partial charge is 2.00 e. The number of aryl methyl sites for hydroxylation is 1. The van der Waals surface area contributed by atoms with Gasteiger partial charge in [-0.15, -0.1) is 18.2 Å². The molecule has 0 bridgehead atoms. The fourth-order valence-electron chi connectivity index (χ4n) is 2.06. The molecule has 1 rings (SSSR count). The molecule has 1 aromatic heterocycles. The molecule has 5 heteroatoms. The van der Waals surface area contributed by atoms with Crippen molar-refractivity contribution in [3.63, 3.8) is 0 Å². The summed E-state index contributed by atoms with van der Waals surface area (Å²) in [5.41, 5.74) is 2.48. The molecular formula is C15H26N4U. The van der Waals surface area contributed by atoms with Gasteiger partial charge in [-0.2, -0.15) is 5.10 Å². The Morgan fingerprint density at radius 3 is 2.55 bits per heavy atom. The maximum absolute atomic E-state index is 4.27. The Bertz CT molecular complexity index is 367. The van der Waals surface area contributed by atoms with Gasteiger partial charge in [0.15, 0.2) is 0 Å². The standard InChI is InChI=1S/C15H26N4.U/c1-5-10-16-11-8-9-14-13(4)12-17-18-15(14)19(6-2)7-3;/h12,16H,2-3,5-11H2,1,4H3;/q-2;+2. The minimum Gasteiger partial charge on any atom is -0.415 e. The third kappa shape index (κ3) is 6.12. The van der Waals surface area contributed by atoms with E-state index in [9.17, 15) is 0 Å². The van der Waals surface area contributed by atoms with Crippen LogP contribution in [0.1, 0.15) is 30.9 Å². The van der Waals surface area contributed by atoms with Gasteiger partial charge in [-0.05, 0) is 44.8 Å². The zero-order chi connectivity index (χ0) is 14.1. The van der Waals surface area contributed by atoms with Gasteiger partial charge >= 0.3 is 31.1 Å². The van der Waals surface area contributed by atoms with Crippen molar-refractivity contribution in [3.8, 4) is 0 Å². The molecule has 1 aromatic rings. The van der Waals surface area contributed by atoms with E-state index in [1.54, 1.807) is 0 Å². The average molecular weight is 500 g/mol. The predicted octanol–water partition coefficient (Wildman–Crippen LogP) is 2.19. The molecule has 1 N–H and O–H groups in total. The number of anilines is 1. The monoisotopic (exact) mass is 500 g/mol. The Morgan fingerprint density at radius 1 is 1.25 bits per heavy atom. The fraction of sp³-hybridized carbons (Fsp3) is 0.600. The van der Waals surface area contributed by atoms with E-state index in [1.807, 2.05) is 6.20 Å². The van der Waals surface area contributed by atoms with E-state index in [0.717, 1.165) is 31.7 Å². The molecule has 0 amide bonds. The van der Waals surface area contributed by atoms with Crippen molar-refractivity contribution in [3.05, 3.63) is 31.2 Å². The van der Waals surface area contributed by atoms with Crippen LogP contribution in [0.3, 0.4) is 0 Å². The molecule has 20 heavy (non-hydrogen) atoms. The van der Waals surface area contributed by atoms with E-state index in [4.69, 9.17) is 0 Å². The second-order valence-electron chi connectivity index (χ2n) is 4.67. The van der Waals surface area contributed by atoms with E-state index in [0.29, 0.717) is 13.1 Å². The summed E-state index contributed by atoms with van der Waals surface area (Å²) in [7, 11) is 0. The van der Waals surface area contributed by atoms with E-state index < -0.39 is 0 Å². The number of hydrogen-bond donors (Lipinski definition) is 1. The van der Waals surface area contributed by atoms with Crippen LogP contribution in [0.25, 0.3) is 0 Å². The smallest absolute Gasteiger partial charge is 0.415 e. The zero-order valence-corrected chi connectivity index (χ0v) is 16.9. The minimum absolute atomic E-state index is 0. The van der Waals surface area contributed by atoms with Crippen LogP contribution in [0.4, 0.5) is 5.82 Å². The van der Waals surface area contributed by atoms with Gasteiger partial charge in [-0.3, -0.25) is 0 Å². The van der Waals surface area contributed by atoms with Crippen molar-refractivity contribution in [2.45, 2.75) is 33.1 Å². The second-order valence-corrected chi connectivity index (χ2v) is 4.67. The molecule has 0 saturated heterocycles. The first-order valence-corrected chi connectivity index (χ1v) is 7.09. The van der Waals surface area contributed by atoms with Gasteiger partial charge in [-0.1, -0.05) is 6.92 Å². The summed E-state index contributed by atoms with van der Waals surface area (Å²) in [6.45, 7) is 15.6. The Labute approximate surface area is 147 Å². The summed E-state index contributed by atoms with van der Waals surface area (Å²) >= 11 is 0. The number of nitrogens with one attached hydrogen (secondary N) is 1. The van der Waals surface area contributed by atoms with Gasteiger partial charge in [0.25, 0.3) is 0 Å². The molecule has 0 atom stereocenters. The Balaban J connectivity index is 0.00000361. The minimum atomic E-state index is 0. The van der Waals surface area contributed by atoms with E-state index in [2.05, 4.69) is 48.1 Å². The molecule has 0 aliphatic rings. The molecular weight excluding hydrogens is 474 g/mol.